The van der Waals surface area contributed by atoms with E-state index < -0.39 is 0 Å². The van der Waals surface area contributed by atoms with Gasteiger partial charge in [0.25, 0.3) is 0 Å². The van der Waals surface area contributed by atoms with Gasteiger partial charge in [-0.05, 0) is 12.1 Å². The zero-order chi connectivity index (χ0) is 10.7. The molecule has 0 aromatic carbocycles. The second kappa shape index (κ2) is 3.91. The molecule has 0 aliphatic heterocycles. The van der Waals surface area contributed by atoms with Crippen LogP contribution in [0.25, 0.3) is 11.4 Å². The third kappa shape index (κ3) is 2.01. The van der Waals surface area contributed by atoms with Crippen molar-refractivity contribution in [2.24, 2.45) is 0 Å². The standard InChI is InChI=1S/C10H10N4O/c1-7(15)13-9-6-12-14-10(9)8-4-2-3-5-11-8/h2-6H,1H3,(H,12,14)(H,13,15). The van der Waals surface area contributed by atoms with Crippen molar-refractivity contribution in [2.75, 3.05) is 5.32 Å². The first-order valence-electron chi connectivity index (χ1n) is 4.50. The zero-order valence-electron chi connectivity index (χ0n) is 8.19. The number of nitrogens with one attached hydrogen (secondary N) is 2. The predicted octanol–water partition coefficient (Wildman–Crippen LogP) is 1.43. The fourth-order valence-electron chi connectivity index (χ4n) is 1.27. The Hall–Kier alpha value is -2.17. The lowest BCUT2D eigenvalue weighted by Crippen LogP contribution is -2.05. The van der Waals surface area contributed by atoms with Crippen molar-refractivity contribution in [2.45, 2.75) is 6.92 Å². The number of carbonyl (C=O) groups excluding carboxylic acids is 1. The maximum absolute atomic E-state index is 10.9. The molecule has 2 aromatic rings. The van der Waals surface area contributed by atoms with Crippen molar-refractivity contribution in [3.8, 4) is 11.4 Å². The lowest BCUT2D eigenvalue weighted by atomic mass is 10.2. The number of rotatable bonds is 2. The Kier molecular flexibility index (Phi) is 2.45. The van der Waals surface area contributed by atoms with E-state index in [0.717, 1.165) is 5.69 Å². The fraction of sp³-hybridized carbons (Fsp3) is 0.100. The minimum Gasteiger partial charge on any atom is -0.323 e. The van der Waals surface area contributed by atoms with Crippen molar-refractivity contribution in [3.05, 3.63) is 30.6 Å². The first kappa shape index (κ1) is 9.39. The fourth-order valence-corrected chi connectivity index (χ4v) is 1.27. The molecular formula is C10H10N4O. The van der Waals surface area contributed by atoms with E-state index >= 15 is 0 Å². The number of pyridine rings is 1. The molecule has 76 valence electrons. The van der Waals surface area contributed by atoms with Crippen LogP contribution in [-0.2, 0) is 4.79 Å². The van der Waals surface area contributed by atoms with Gasteiger partial charge in [0.05, 0.1) is 11.4 Å². The molecule has 0 fully saturated rings. The zero-order valence-corrected chi connectivity index (χ0v) is 8.19. The number of amides is 1. The van der Waals surface area contributed by atoms with Gasteiger partial charge in [-0.15, -0.1) is 0 Å². The van der Waals surface area contributed by atoms with Crippen LogP contribution in [0, 0.1) is 0 Å². The monoisotopic (exact) mass is 202 g/mol. The van der Waals surface area contributed by atoms with Gasteiger partial charge < -0.3 is 5.32 Å². The summed E-state index contributed by atoms with van der Waals surface area (Å²) >= 11 is 0. The molecule has 2 rings (SSSR count). The average molecular weight is 202 g/mol. The summed E-state index contributed by atoms with van der Waals surface area (Å²) in [4.78, 5) is 15.1. The van der Waals surface area contributed by atoms with Gasteiger partial charge in [0.1, 0.15) is 5.69 Å². The van der Waals surface area contributed by atoms with Crippen LogP contribution in [-0.4, -0.2) is 21.1 Å². The van der Waals surface area contributed by atoms with Crippen LogP contribution in [0.5, 0.6) is 0 Å². The van der Waals surface area contributed by atoms with Gasteiger partial charge in [0.15, 0.2) is 0 Å². The second-order valence-electron chi connectivity index (χ2n) is 3.04. The molecule has 0 aliphatic carbocycles. The van der Waals surface area contributed by atoms with E-state index in [4.69, 9.17) is 0 Å². The van der Waals surface area contributed by atoms with Crippen molar-refractivity contribution < 1.29 is 4.79 Å². The molecule has 0 radical (unpaired) electrons. The van der Waals surface area contributed by atoms with Crippen LogP contribution in [0.3, 0.4) is 0 Å². The molecule has 0 bridgehead atoms. The van der Waals surface area contributed by atoms with Crippen molar-refractivity contribution in [1.82, 2.24) is 15.2 Å². The van der Waals surface area contributed by atoms with E-state index in [1.54, 1.807) is 12.4 Å². The van der Waals surface area contributed by atoms with Gasteiger partial charge in [0, 0.05) is 19.3 Å². The second-order valence-corrected chi connectivity index (χ2v) is 3.04. The predicted molar refractivity (Wildman–Crippen MR) is 56.1 cm³/mol. The number of aromatic amines is 1. The van der Waals surface area contributed by atoms with Gasteiger partial charge >= 0.3 is 0 Å². The smallest absolute Gasteiger partial charge is 0.221 e. The Labute approximate surface area is 86.5 Å². The number of H-pyrrole nitrogens is 1. The SMILES string of the molecule is CC(=O)Nc1c[nH]nc1-c1ccccn1. The van der Waals surface area contributed by atoms with E-state index in [2.05, 4.69) is 20.5 Å². The number of nitrogens with zero attached hydrogens (tertiary/aromatic N) is 2. The number of hydrogen-bond acceptors (Lipinski definition) is 3. The summed E-state index contributed by atoms with van der Waals surface area (Å²) in [6.07, 6.45) is 3.31. The molecule has 15 heavy (non-hydrogen) atoms. The lowest BCUT2D eigenvalue weighted by Gasteiger charge is -2.01. The molecule has 5 heteroatoms. The van der Waals surface area contributed by atoms with E-state index in [9.17, 15) is 4.79 Å². The van der Waals surface area contributed by atoms with Crippen LogP contribution in [0.2, 0.25) is 0 Å². The highest BCUT2D eigenvalue weighted by molar-refractivity contribution is 5.92. The third-order valence-corrected chi connectivity index (χ3v) is 1.86. The van der Waals surface area contributed by atoms with Crippen molar-refractivity contribution in [3.63, 3.8) is 0 Å². The van der Waals surface area contributed by atoms with E-state index in [-0.39, 0.29) is 5.91 Å². The van der Waals surface area contributed by atoms with Crippen LogP contribution < -0.4 is 5.32 Å². The largest absolute Gasteiger partial charge is 0.323 e. The molecule has 0 saturated carbocycles. The Balaban J connectivity index is 2.37. The summed E-state index contributed by atoms with van der Waals surface area (Å²) in [6, 6.07) is 5.53. The normalized spacial score (nSPS) is 9.93. The van der Waals surface area contributed by atoms with Gasteiger partial charge in [-0.1, -0.05) is 6.07 Å². The summed E-state index contributed by atoms with van der Waals surface area (Å²) in [5, 5.41) is 9.41. The van der Waals surface area contributed by atoms with E-state index in [1.807, 2.05) is 18.2 Å². The first-order valence-corrected chi connectivity index (χ1v) is 4.50. The minimum absolute atomic E-state index is 0.131. The van der Waals surface area contributed by atoms with Crippen LogP contribution >= 0.6 is 0 Å². The molecule has 0 atom stereocenters. The summed E-state index contributed by atoms with van der Waals surface area (Å²) in [5.41, 5.74) is 2.01. The van der Waals surface area contributed by atoms with Crippen LogP contribution in [0.4, 0.5) is 5.69 Å². The number of carbonyl (C=O) groups is 1. The first-order chi connectivity index (χ1) is 7.27. The summed E-state index contributed by atoms with van der Waals surface area (Å²) in [6.45, 7) is 1.45. The topological polar surface area (TPSA) is 70.7 Å². The lowest BCUT2D eigenvalue weighted by molar-refractivity contribution is -0.114. The third-order valence-electron chi connectivity index (χ3n) is 1.86. The molecule has 2 aromatic heterocycles. The molecule has 0 unspecified atom stereocenters. The Morgan fingerprint density at radius 2 is 2.33 bits per heavy atom. The Morgan fingerprint density at radius 1 is 1.47 bits per heavy atom. The van der Waals surface area contributed by atoms with Crippen LogP contribution in [0.15, 0.2) is 30.6 Å². The van der Waals surface area contributed by atoms with Gasteiger partial charge in [-0.2, -0.15) is 5.10 Å². The summed E-state index contributed by atoms with van der Waals surface area (Å²) in [5.74, 6) is -0.131. The van der Waals surface area contributed by atoms with E-state index in [0.29, 0.717) is 11.4 Å². The highest BCUT2D eigenvalue weighted by Crippen LogP contribution is 2.22. The molecular weight excluding hydrogens is 192 g/mol. The number of aromatic nitrogens is 3. The minimum atomic E-state index is -0.131. The molecule has 2 heterocycles. The average Bonchev–Trinajstić information content (AvgIpc) is 2.66. The van der Waals surface area contributed by atoms with Gasteiger partial charge in [-0.3, -0.25) is 14.9 Å². The van der Waals surface area contributed by atoms with Crippen LogP contribution in [0.1, 0.15) is 6.92 Å². The van der Waals surface area contributed by atoms with E-state index in [1.165, 1.54) is 6.92 Å². The number of hydrogen-bond donors (Lipinski definition) is 2. The van der Waals surface area contributed by atoms with Gasteiger partial charge in [0.2, 0.25) is 5.91 Å². The highest BCUT2D eigenvalue weighted by atomic mass is 16.1. The maximum atomic E-state index is 10.9. The molecule has 0 aliphatic rings. The molecule has 1 amide bonds. The molecule has 5 nitrogen and oxygen atoms in total. The number of anilines is 1. The Bertz CT molecular complexity index is 463. The maximum Gasteiger partial charge on any atom is 0.221 e. The highest BCUT2D eigenvalue weighted by Gasteiger charge is 2.09. The molecule has 0 saturated heterocycles. The molecule has 2 N–H and O–H groups in total. The summed E-state index contributed by atoms with van der Waals surface area (Å²) < 4.78 is 0. The van der Waals surface area contributed by atoms with Crippen molar-refractivity contribution >= 4 is 11.6 Å². The quantitative estimate of drug-likeness (QED) is 0.773. The molecule has 0 spiro atoms. The van der Waals surface area contributed by atoms with Crippen molar-refractivity contribution in [1.29, 1.82) is 0 Å². The van der Waals surface area contributed by atoms with Gasteiger partial charge in [-0.25, -0.2) is 0 Å². The summed E-state index contributed by atoms with van der Waals surface area (Å²) in [7, 11) is 0. The Morgan fingerprint density at radius 3 is 3.00 bits per heavy atom.